The predicted molar refractivity (Wildman–Crippen MR) is 139 cm³/mol. The third kappa shape index (κ3) is 3.82. The molecule has 7 nitrogen and oxygen atoms in total. The summed E-state index contributed by atoms with van der Waals surface area (Å²) in [6.45, 7) is 4.44. The van der Waals surface area contributed by atoms with E-state index in [9.17, 15) is 14.9 Å². The molecule has 0 atom stereocenters. The minimum absolute atomic E-state index is 0.0667. The molecule has 1 aliphatic heterocycles. The lowest BCUT2D eigenvalue weighted by Gasteiger charge is -2.20. The summed E-state index contributed by atoms with van der Waals surface area (Å²) in [6.07, 6.45) is 3.90. The van der Waals surface area contributed by atoms with Crippen LogP contribution in [0.4, 0.5) is 5.69 Å². The molecule has 0 radical (unpaired) electrons. The van der Waals surface area contributed by atoms with E-state index in [2.05, 4.69) is 4.57 Å². The Morgan fingerprint density at radius 1 is 1.03 bits per heavy atom. The van der Waals surface area contributed by atoms with Gasteiger partial charge in [-0.1, -0.05) is 42.1 Å². The molecule has 0 spiro atoms. The molecule has 34 heavy (non-hydrogen) atoms. The number of aromatic nitrogens is 2. The number of benzene rings is 2. The number of thiocarbonyl (C=S) groups is 1. The van der Waals surface area contributed by atoms with Crippen LogP contribution in [0.1, 0.15) is 22.5 Å². The molecule has 0 bridgehead atoms. The topological polar surface area (TPSA) is 73.3 Å². The second kappa shape index (κ2) is 8.58. The first-order chi connectivity index (χ1) is 16.3. The van der Waals surface area contributed by atoms with Gasteiger partial charge < -0.3 is 4.57 Å². The van der Waals surface area contributed by atoms with E-state index in [1.807, 2.05) is 67.2 Å². The van der Waals surface area contributed by atoms with Gasteiger partial charge in [-0.25, -0.2) is 0 Å². The van der Waals surface area contributed by atoms with Crippen molar-refractivity contribution < 1.29 is 9.72 Å². The molecular weight excluding hydrogens is 468 g/mol. The van der Waals surface area contributed by atoms with Crippen LogP contribution in [-0.2, 0) is 11.3 Å². The van der Waals surface area contributed by atoms with E-state index in [1.165, 1.54) is 23.9 Å². The summed E-state index contributed by atoms with van der Waals surface area (Å²) in [6, 6.07) is 18.5. The zero-order valence-corrected chi connectivity index (χ0v) is 20.1. The zero-order chi connectivity index (χ0) is 24.0. The number of para-hydroxylation sites is 1. The van der Waals surface area contributed by atoms with Crippen LogP contribution in [0, 0.1) is 24.0 Å². The monoisotopic (exact) mass is 488 g/mol. The van der Waals surface area contributed by atoms with E-state index >= 15 is 0 Å². The highest BCUT2D eigenvalue weighted by Crippen LogP contribution is 2.34. The second-order valence-electron chi connectivity index (χ2n) is 8.07. The van der Waals surface area contributed by atoms with Gasteiger partial charge in [0.25, 0.3) is 11.6 Å². The average Bonchev–Trinajstić information content (AvgIpc) is 3.42. The standard InChI is InChI=1S/C25H20N4O3S2/c1-16-7-8-17(2)27(16)28-24(30)23(34-25(28)33)13-19-15-26(22-6-4-3-5-21(19)22)14-18-9-11-20(12-10-18)29(31)32/h3-13,15H,14H2,1-2H3/b23-13-. The van der Waals surface area contributed by atoms with E-state index in [0.29, 0.717) is 15.8 Å². The van der Waals surface area contributed by atoms with Gasteiger partial charge in [0, 0.05) is 52.7 Å². The molecule has 1 amide bonds. The number of amides is 1. The number of nitro benzene ring substituents is 1. The summed E-state index contributed by atoms with van der Waals surface area (Å²) < 4.78 is 4.42. The number of carbonyl (C=O) groups excluding carboxylic acids is 1. The minimum Gasteiger partial charge on any atom is -0.342 e. The number of fused-ring (bicyclic) bond motifs is 1. The number of non-ortho nitro benzene ring substituents is 1. The summed E-state index contributed by atoms with van der Waals surface area (Å²) in [5.41, 5.74) is 4.82. The van der Waals surface area contributed by atoms with Gasteiger partial charge in [-0.05, 0) is 55.9 Å². The van der Waals surface area contributed by atoms with Crippen molar-refractivity contribution in [2.75, 3.05) is 5.01 Å². The van der Waals surface area contributed by atoms with Gasteiger partial charge in [0.05, 0.1) is 9.83 Å². The number of nitrogens with zero attached hydrogens (tertiary/aromatic N) is 4. The van der Waals surface area contributed by atoms with Crippen LogP contribution in [0.25, 0.3) is 17.0 Å². The van der Waals surface area contributed by atoms with Crippen LogP contribution < -0.4 is 5.01 Å². The van der Waals surface area contributed by atoms with Crippen LogP contribution >= 0.6 is 24.0 Å². The van der Waals surface area contributed by atoms with Crippen molar-refractivity contribution in [3.8, 4) is 0 Å². The summed E-state index contributed by atoms with van der Waals surface area (Å²) in [7, 11) is 0. The fourth-order valence-electron chi connectivity index (χ4n) is 4.19. The Morgan fingerprint density at radius 2 is 1.71 bits per heavy atom. The fourth-order valence-corrected chi connectivity index (χ4v) is 5.42. The van der Waals surface area contributed by atoms with Crippen LogP contribution in [0.3, 0.4) is 0 Å². The second-order valence-corrected chi connectivity index (χ2v) is 9.75. The largest absolute Gasteiger partial charge is 0.342 e. The summed E-state index contributed by atoms with van der Waals surface area (Å²) in [4.78, 5) is 24.4. The highest BCUT2D eigenvalue weighted by molar-refractivity contribution is 8.27. The minimum atomic E-state index is -0.403. The zero-order valence-electron chi connectivity index (χ0n) is 18.5. The van der Waals surface area contributed by atoms with Gasteiger partial charge in [-0.15, -0.1) is 0 Å². The number of hydrogen-bond donors (Lipinski definition) is 0. The van der Waals surface area contributed by atoms with Crippen molar-refractivity contribution in [3.63, 3.8) is 0 Å². The first kappa shape index (κ1) is 22.1. The fraction of sp³-hybridized carbons (Fsp3) is 0.120. The number of carbonyl (C=O) groups is 1. The van der Waals surface area contributed by atoms with Crippen LogP contribution in [0.2, 0.25) is 0 Å². The number of rotatable bonds is 5. The quantitative estimate of drug-likeness (QED) is 0.159. The van der Waals surface area contributed by atoms with Crippen molar-refractivity contribution in [1.29, 1.82) is 0 Å². The maximum atomic E-state index is 13.3. The molecule has 170 valence electrons. The SMILES string of the molecule is Cc1ccc(C)n1N1C(=O)/C(=C/c2cn(Cc3ccc([N+](=O)[O-])cc3)c3ccccc23)SC1=S. The Morgan fingerprint density at radius 3 is 2.38 bits per heavy atom. The maximum absolute atomic E-state index is 13.3. The van der Waals surface area contributed by atoms with E-state index in [1.54, 1.807) is 17.1 Å². The lowest BCUT2D eigenvalue weighted by atomic mass is 10.1. The molecule has 0 aliphatic carbocycles. The highest BCUT2D eigenvalue weighted by Gasteiger charge is 2.35. The summed E-state index contributed by atoms with van der Waals surface area (Å²) in [5, 5.41) is 13.5. The van der Waals surface area contributed by atoms with E-state index in [4.69, 9.17) is 12.2 Å². The summed E-state index contributed by atoms with van der Waals surface area (Å²) >= 11 is 6.84. The first-order valence-electron chi connectivity index (χ1n) is 10.6. The Kier molecular flexibility index (Phi) is 5.59. The molecule has 2 aromatic carbocycles. The maximum Gasteiger partial charge on any atom is 0.285 e. The van der Waals surface area contributed by atoms with Gasteiger partial charge in [-0.3, -0.25) is 19.6 Å². The Balaban J connectivity index is 1.51. The van der Waals surface area contributed by atoms with Crippen molar-refractivity contribution in [2.24, 2.45) is 0 Å². The molecule has 0 saturated carbocycles. The van der Waals surface area contributed by atoms with Crippen LogP contribution in [0.5, 0.6) is 0 Å². The van der Waals surface area contributed by atoms with E-state index in [-0.39, 0.29) is 11.6 Å². The molecule has 0 unspecified atom stereocenters. The molecule has 1 saturated heterocycles. The van der Waals surface area contributed by atoms with Crippen molar-refractivity contribution in [2.45, 2.75) is 20.4 Å². The number of thioether (sulfide) groups is 1. The number of aryl methyl sites for hydroxylation is 2. The molecule has 1 fully saturated rings. The lowest BCUT2D eigenvalue weighted by Crippen LogP contribution is -2.39. The third-order valence-corrected chi connectivity index (χ3v) is 7.10. The van der Waals surface area contributed by atoms with Gasteiger partial charge in [0.2, 0.25) is 0 Å². The summed E-state index contributed by atoms with van der Waals surface area (Å²) in [5.74, 6) is -0.149. The van der Waals surface area contributed by atoms with Gasteiger partial charge in [-0.2, -0.15) is 5.01 Å². The van der Waals surface area contributed by atoms with Crippen LogP contribution in [0.15, 0.2) is 71.8 Å². The van der Waals surface area contributed by atoms with Gasteiger partial charge in [0.1, 0.15) is 0 Å². The Hall–Kier alpha value is -3.69. The molecule has 1 aliphatic rings. The Labute approximate surface area is 205 Å². The first-order valence-corrected chi connectivity index (χ1v) is 11.8. The van der Waals surface area contributed by atoms with Crippen molar-refractivity contribution in [1.82, 2.24) is 9.24 Å². The molecular formula is C25H20N4O3S2. The van der Waals surface area contributed by atoms with Crippen molar-refractivity contribution in [3.05, 3.63) is 104 Å². The number of hydrogen-bond acceptors (Lipinski definition) is 5. The number of nitro groups is 1. The normalized spacial score (nSPS) is 15.1. The van der Waals surface area contributed by atoms with E-state index in [0.717, 1.165) is 33.4 Å². The molecule has 2 aromatic heterocycles. The van der Waals surface area contributed by atoms with E-state index < -0.39 is 4.92 Å². The smallest absolute Gasteiger partial charge is 0.285 e. The predicted octanol–water partition coefficient (Wildman–Crippen LogP) is 5.55. The molecule has 3 heterocycles. The Bertz CT molecular complexity index is 1480. The average molecular weight is 489 g/mol. The van der Waals surface area contributed by atoms with Crippen molar-refractivity contribution >= 4 is 56.9 Å². The molecule has 5 rings (SSSR count). The molecule has 9 heteroatoms. The molecule has 4 aromatic rings. The van der Waals surface area contributed by atoms with Gasteiger partial charge in [0.15, 0.2) is 4.32 Å². The van der Waals surface area contributed by atoms with Gasteiger partial charge >= 0.3 is 0 Å². The third-order valence-electron chi connectivity index (χ3n) is 5.81. The lowest BCUT2D eigenvalue weighted by molar-refractivity contribution is -0.384. The highest BCUT2D eigenvalue weighted by atomic mass is 32.2. The molecule has 0 N–H and O–H groups in total. The van der Waals surface area contributed by atoms with Crippen LogP contribution in [-0.4, -0.2) is 24.4 Å².